The first kappa shape index (κ1) is 20.7. The summed E-state index contributed by atoms with van der Waals surface area (Å²) in [6.07, 6.45) is 0. The summed E-state index contributed by atoms with van der Waals surface area (Å²) in [5.41, 5.74) is 3.25. The number of fused-ring (bicyclic) bond motifs is 2. The van der Waals surface area contributed by atoms with Crippen molar-refractivity contribution in [2.45, 2.75) is 13.5 Å². The normalized spacial score (nSPS) is 15.6. The van der Waals surface area contributed by atoms with Crippen LogP contribution in [0.5, 0.6) is 5.75 Å². The first-order valence-electron chi connectivity index (χ1n) is 10.8. The largest absolute Gasteiger partial charge is 0.492 e. The Morgan fingerprint density at radius 1 is 1.12 bits per heavy atom. The molecular formula is C24H25FN4O3. The number of aromatic nitrogens is 2. The van der Waals surface area contributed by atoms with Gasteiger partial charge in [-0.15, -0.1) is 0 Å². The maximum absolute atomic E-state index is 14.4. The van der Waals surface area contributed by atoms with E-state index >= 15 is 0 Å². The van der Waals surface area contributed by atoms with E-state index in [1.165, 1.54) is 6.07 Å². The zero-order valence-corrected chi connectivity index (χ0v) is 17.9. The van der Waals surface area contributed by atoms with Crippen molar-refractivity contribution in [1.82, 2.24) is 19.8 Å². The van der Waals surface area contributed by atoms with Crippen LogP contribution in [0.1, 0.15) is 11.3 Å². The molecule has 2 aromatic heterocycles. The third kappa shape index (κ3) is 4.37. The highest BCUT2D eigenvalue weighted by molar-refractivity contribution is 5.85. The fourth-order valence-corrected chi connectivity index (χ4v) is 4.19. The van der Waals surface area contributed by atoms with Gasteiger partial charge in [-0.25, -0.2) is 9.18 Å². The van der Waals surface area contributed by atoms with Gasteiger partial charge in [0.2, 0.25) is 0 Å². The molecule has 0 atom stereocenters. The SMILES string of the molecule is Cc1ccc2c(OCCN3CCN(Cc4cc5oc(=O)[nH]c5cc4F)CC3)cccc2n1. The molecule has 0 unspecified atom stereocenters. The van der Waals surface area contributed by atoms with Crippen molar-refractivity contribution in [3.05, 3.63) is 70.1 Å². The van der Waals surface area contributed by atoms with Gasteiger partial charge in [0.05, 0.1) is 11.0 Å². The second-order valence-corrected chi connectivity index (χ2v) is 8.20. The van der Waals surface area contributed by atoms with E-state index in [0.717, 1.165) is 55.1 Å². The van der Waals surface area contributed by atoms with E-state index in [0.29, 0.717) is 29.8 Å². The molecule has 7 nitrogen and oxygen atoms in total. The van der Waals surface area contributed by atoms with Gasteiger partial charge >= 0.3 is 5.76 Å². The molecular weight excluding hydrogens is 411 g/mol. The van der Waals surface area contributed by atoms with Crippen LogP contribution in [0.2, 0.25) is 0 Å². The van der Waals surface area contributed by atoms with Crippen molar-refractivity contribution in [3.8, 4) is 5.75 Å². The van der Waals surface area contributed by atoms with Crippen molar-refractivity contribution in [3.63, 3.8) is 0 Å². The summed E-state index contributed by atoms with van der Waals surface area (Å²) >= 11 is 0. The number of piperazine rings is 1. The first-order valence-corrected chi connectivity index (χ1v) is 10.8. The Hall–Kier alpha value is -3.23. The summed E-state index contributed by atoms with van der Waals surface area (Å²) in [6.45, 7) is 7.37. The summed E-state index contributed by atoms with van der Waals surface area (Å²) in [5.74, 6) is -0.0386. The van der Waals surface area contributed by atoms with E-state index in [1.807, 2.05) is 31.2 Å². The Morgan fingerprint density at radius 3 is 2.78 bits per heavy atom. The van der Waals surface area contributed by atoms with Crippen molar-refractivity contribution < 1.29 is 13.5 Å². The highest BCUT2D eigenvalue weighted by Gasteiger charge is 2.19. The predicted octanol–water partition coefficient (Wildman–Crippen LogP) is 3.31. The van der Waals surface area contributed by atoms with E-state index in [4.69, 9.17) is 9.15 Å². The predicted molar refractivity (Wildman–Crippen MR) is 120 cm³/mol. The average Bonchev–Trinajstić information content (AvgIpc) is 3.13. The molecule has 1 N–H and O–H groups in total. The Bertz CT molecular complexity index is 1310. The zero-order valence-electron chi connectivity index (χ0n) is 17.9. The molecule has 8 heteroatoms. The molecule has 0 bridgehead atoms. The minimum absolute atomic E-state index is 0.329. The van der Waals surface area contributed by atoms with Crippen LogP contribution in [0.3, 0.4) is 0 Å². The molecule has 0 amide bonds. The highest BCUT2D eigenvalue weighted by atomic mass is 19.1. The van der Waals surface area contributed by atoms with Crippen molar-refractivity contribution in [1.29, 1.82) is 0 Å². The molecule has 5 rings (SSSR count). The molecule has 0 aliphatic carbocycles. The van der Waals surface area contributed by atoms with Gasteiger partial charge in [-0.2, -0.15) is 0 Å². The molecule has 1 aliphatic heterocycles. The van der Waals surface area contributed by atoms with Crippen LogP contribution in [0, 0.1) is 12.7 Å². The Kier molecular flexibility index (Phi) is 5.63. The van der Waals surface area contributed by atoms with Crippen LogP contribution in [0.15, 0.2) is 51.7 Å². The summed E-state index contributed by atoms with van der Waals surface area (Å²) in [4.78, 5) is 22.9. The van der Waals surface area contributed by atoms with Crippen LogP contribution in [-0.4, -0.2) is 59.1 Å². The van der Waals surface area contributed by atoms with Crippen molar-refractivity contribution in [2.75, 3.05) is 39.3 Å². The third-order valence-electron chi connectivity index (χ3n) is 5.94. The summed E-state index contributed by atoms with van der Waals surface area (Å²) in [5, 5.41) is 1.03. The number of nitrogens with one attached hydrogen (secondary N) is 1. The van der Waals surface area contributed by atoms with E-state index in [-0.39, 0.29) is 5.82 Å². The van der Waals surface area contributed by atoms with Gasteiger partial charge in [-0.1, -0.05) is 6.07 Å². The molecule has 1 saturated heterocycles. The number of hydrogen-bond acceptors (Lipinski definition) is 6. The number of aromatic amines is 1. The molecule has 2 aromatic carbocycles. The Balaban J connectivity index is 1.13. The fraction of sp³-hybridized carbons (Fsp3) is 0.333. The van der Waals surface area contributed by atoms with Crippen molar-refractivity contribution in [2.24, 2.45) is 0 Å². The number of pyridine rings is 1. The number of ether oxygens (including phenoxy) is 1. The minimum Gasteiger partial charge on any atom is -0.492 e. The van der Waals surface area contributed by atoms with E-state index in [2.05, 4.69) is 25.8 Å². The standard InChI is InChI=1S/C24H25FN4O3/c1-16-5-6-18-20(26-16)3-2-4-22(18)31-12-11-28-7-9-29(10-8-28)15-17-13-23-21(14-19(17)25)27-24(30)32-23/h2-6,13-14H,7-12,15H2,1H3,(H,27,30). The third-order valence-corrected chi connectivity index (χ3v) is 5.94. The zero-order chi connectivity index (χ0) is 22.1. The van der Waals surface area contributed by atoms with Gasteiger partial charge in [-0.3, -0.25) is 19.8 Å². The van der Waals surface area contributed by atoms with Crippen LogP contribution in [-0.2, 0) is 6.54 Å². The van der Waals surface area contributed by atoms with Gasteiger partial charge in [-0.05, 0) is 37.3 Å². The van der Waals surface area contributed by atoms with Crippen LogP contribution in [0.4, 0.5) is 4.39 Å². The molecule has 4 aromatic rings. The Morgan fingerprint density at radius 2 is 1.94 bits per heavy atom. The maximum atomic E-state index is 14.4. The highest BCUT2D eigenvalue weighted by Crippen LogP contribution is 2.24. The number of aryl methyl sites for hydroxylation is 1. The number of rotatable bonds is 6. The van der Waals surface area contributed by atoms with Crippen LogP contribution >= 0.6 is 0 Å². The average molecular weight is 436 g/mol. The number of H-pyrrole nitrogens is 1. The molecule has 1 fully saturated rings. The van der Waals surface area contributed by atoms with Gasteiger partial charge in [0, 0.05) is 62.0 Å². The summed E-state index contributed by atoms with van der Waals surface area (Å²) in [6, 6.07) is 12.9. The Labute approximate surface area is 184 Å². The van der Waals surface area contributed by atoms with Crippen LogP contribution in [0.25, 0.3) is 22.0 Å². The lowest BCUT2D eigenvalue weighted by Crippen LogP contribution is -2.47. The molecule has 166 valence electrons. The molecule has 32 heavy (non-hydrogen) atoms. The lowest BCUT2D eigenvalue weighted by molar-refractivity contribution is 0.112. The topological polar surface area (TPSA) is 74.6 Å². The van der Waals surface area contributed by atoms with Gasteiger partial charge in [0.25, 0.3) is 0 Å². The van der Waals surface area contributed by atoms with E-state index < -0.39 is 5.76 Å². The molecule has 0 saturated carbocycles. The van der Waals surface area contributed by atoms with Gasteiger partial charge in [0.15, 0.2) is 5.58 Å². The van der Waals surface area contributed by atoms with Crippen LogP contribution < -0.4 is 10.5 Å². The number of hydrogen-bond donors (Lipinski definition) is 1. The summed E-state index contributed by atoms with van der Waals surface area (Å²) in [7, 11) is 0. The number of nitrogens with zero attached hydrogens (tertiary/aromatic N) is 3. The fourth-order valence-electron chi connectivity index (χ4n) is 4.19. The monoisotopic (exact) mass is 436 g/mol. The maximum Gasteiger partial charge on any atom is 0.417 e. The molecule has 0 spiro atoms. The quantitative estimate of drug-likeness (QED) is 0.500. The molecule has 0 radical (unpaired) electrons. The van der Waals surface area contributed by atoms with Gasteiger partial charge in [0.1, 0.15) is 18.2 Å². The molecule has 3 heterocycles. The van der Waals surface area contributed by atoms with E-state index in [9.17, 15) is 9.18 Å². The number of oxazole rings is 1. The van der Waals surface area contributed by atoms with Crippen molar-refractivity contribution >= 4 is 22.0 Å². The second-order valence-electron chi connectivity index (χ2n) is 8.20. The number of halogens is 1. The van der Waals surface area contributed by atoms with Gasteiger partial charge < -0.3 is 9.15 Å². The van der Waals surface area contributed by atoms with E-state index in [1.54, 1.807) is 6.07 Å². The number of benzene rings is 2. The lowest BCUT2D eigenvalue weighted by atomic mass is 10.1. The summed E-state index contributed by atoms with van der Waals surface area (Å²) < 4.78 is 25.5. The second kappa shape index (κ2) is 8.72. The first-order chi connectivity index (χ1) is 15.5. The molecule has 1 aliphatic rings. The minimum atomic E-state index is -0.567. The smallest absolute Gasteiger partial charge is 0.417 e. The lowest BCUT2D eigenvalue weighted by Gasteiger charge is -2.34.